The summed E-state index contributed by atoms with van der Waals surface area (Å²) in [5, 5.41) is 1.97. The Morgan fingerprint density at radius 3 is 2.71 bits per heavy atom. The molecular formula is C28H27FN2O5S2. The summed E-state index contributed by atoms with van der Waals surface area (Å²) in [5.41, 5.74) is 1.89. The lowest BCUT2D eigenvalue weighted by Gasteiger charge is -2.37. The van der Waals surface area contributed by atoms with Gasteiger partial charge in [0.15, 0.2) is 0 Å². The average molecular weight is 555 g/mol. The van der Waals surface area contributed by atoms with E-state index in [-0.39, 0.29) is 30.5 Å². The number of nitrogens with zero attached hydrogens (tertiary/aromatic N) is 2. The lowest BCUT2D eigenvalue weighted by atomic mass is 10.0. The Hall–Kier alpha value is -3.47. The molecule has 0 bridgehead atoms. The number of benzene rings is 2. The van der Waals surface area contributed by atoms with Gasteiger partial charge in [-0.25, -0.2) is 12.8 Å². The molecule has 0 aliphatic carbocycles. The summed E-state index contributed by atoms with van der Waals surface area (Å²) in [5.74, 6) is 0.0292. The molecule has 0 saturated heterocycles. The van der Waals surface area contributed by atoms with E-state index in [1.54, 1.807) is 64.8 Å². The second kappa shape index (κ2) is 11.1. The van der Waals surface area contributed by atoms with Gasteiger partial charge in [0.2, 0.25) is 15.9 Å². The highest BCUT2D eigenvalue weighted by molar-refractivity contribution is 7.89. The highest BCUT2D eigenvalue weighted by atomic mass is 32.2. The van der Waals surface area contributed by atoms with Crippen molar-refractivity contribution >= 4 is 27.3 Å². The maximum absolute atomic E-state index is 13.8. The van der Waals surface area contributed by atoms with Crippen LogP contribution in [0.2, 0.25) is 0 Å². The minimum absolute atomic E-state index is 0.0864. The van der Waals surface area contributed by atoms with Crippen LogP contribution in [-0.2, 0) is 27.8 Å². The van der Waals surface area contributed by atoms with Crippen LogP contribution in [0.5, 0.6) is 5.75 Å². The lowest BCUT2D eigenvalue weighted by Crippen LogP contribution is -2.47. The number of ether oxygens (including phenoxy) is 1. The minimum atomic E-state index is -4.00. The molecule has 0 fully saturated rings. The molecule has 38 heavy (non-hydrogen) atoms. The Bertz CT molecular complexity index is 1500. The van der Waals surface area contributed by atoms with Gasteiger partial charge in [0.1, 0.15) is 23.9 Å². The predicted octanol–water partition coefficient (Wildman–Crippen LogP) is 5.18. The summed E-state index contributed by atoms with van der Waals surface area (Å²) in [7, 11) is -4.00. The summed E-state index contributed by atoms with van der Waals surface area (Å²) in [6.07, 6.45) is 2.13. The quantitative estimate of drug-likeness (QED) is 0.285. The summed E-state index contributed by atoms with van der Waals surface area (Å²) in [6.45, 7) is 1.95. The van der Waals surface area contributed by atoms with Crippen molar-refractivity contribution in [3.8, 4) is 5.75 Å². The summed E-state index contributed by atoms with van der Waals surface area (Å²) < 4.78 is 53.4. The number of furan rings is 1. The second-order valence-electron chi connectivity index (χ2n) is 9.09. The third kappa shape index (κ3) is 5.67. The van der Waals surface area contributed by atoms with Crippen LogP contribution in [-0.4, -0.2) is 43.2 Å². The van der Waals surface area contributed by atoms with Gasteiger partial charge in [0, 0.05) is 17.5 Å². The van der Waals surface area contributed by atoms with E-state index in [2.05, 4.69) is 0 Å². The third-order valence-corrected chi connectivity index (χ3v) is 9.30. The van der Waals surface area contributed by atoms with Gasteiger partial charge in [-0.15, -0.1) is 11.3 Å². The molecule has 0 spiro atoms. The number of halogens is 1. The average Bonchev–Trinajstić information content (AvgIpc) is 3.59. The maximum Gasteiger partial charge on any atom is 0.243 e. The number of fused-ring (bicyclic) bond motifs is 1. The van der Waals surface area contributed by atoms with Crippen molar-refractivity contribution in [2.24, 2.45) is 0 Å². The van der Waals surface area contributed by atoms with Crippen molar-refractivity contribution in [1.82, 2.24) is 9.21 Å². The van der Waals surface area contributed by atoms with Crippen molar-refractivity contribution in [2.75, 3.05) is 19.7 Å². The summed E-state index contributed by atoms with van der Waals surface area (Å²) in [4.78, 5) is 16.7. The van der Waals surface area contributed by atoms with Crippen molar-refractivity contribution in [3.63, 3.8) is 0 Å². The Kier molecular flexibility index (Phi) is 7.64. The van der Waals surface area contributed by atoms with Gasteiger partial charge in [-0.3, -0.25) is 4.79 Å². The van der Waals surface area contributed by atoms with E-state index in [9.17, 15) is 17.6 Å². The van der Waals surface area contributed by atoms with E-state index in [0.717, 1.165) is 20.3 Å². The van der Waals surface area contributed by atoms with Crippen LogP contribution in [0.1, 0.15) is 27.8 Å². The van der Waals surface area contributed by atoms with Crippen LogP contribution in [0.25, 0.3) is 0 Å². The normalized spacial score (nSPS) is 15.4. The molecule has 3 heterocycles. The second-order valence-corrected chi connectivity index (χ2v) is 12.0. The van der Waals surface area contributed by atoms with E-state index in [4.69, 9.17) is 9.15 Å². The number of carbonyl (C=O) groups is 1. The number of sulfonamides is 1. The first kappa shape index (κ1) is 26.1. The third-order valence-electron chi connectivity index (χ3n) is 6.50. The minimum Gasteiger partial charge on any atom is -0.491 e. The van der Waals surface area contributed by atoms with E-state index in [1.807, 2.05) is 18.4 Å². The van der Waals surface area contributed by atoms with E-state index < -0.39 is 21.9 Å². The zero-order valence-corrected chi connectivity index (χ0v) is 22.4. The van der Waals surface area contributed by atoms with Crippen LogP contribution < -0.4 is 4.74 Å². The highest BCUT2D eigenvalue weighted by Gasteiger charge is 2.35. The fourth-order valence-electron chi connectivity index (χ4n) is 4.51. The predicted molar refractivity (Wildman–Crippen MR) is 142 cm³/mol. The SMILES string of the molecule is Cc1ccc(S(=O)(=O)N(CC(=O)N2CCc3sccc3[C@H]2COc2cccc(F)c2)Cc2ccco2)cc1. The Morgan fingerprint density at radius 1 is 1.16 bits per heavy atom. The number of amides is 1. The standard InChI is InChI=1S/C28H27FN2O5S2/c1-20-7-9-24(10-8-20)38(33,34)30(17-23-6-3-14-35-23)18-28(32)31-13-11-27-25(12-15-37-27)26(31)19-36-22-5-2-4-21(29)16-22/h2-10,12,14-16,26H,11,13,17-19H2,1H3/t26-/m1/s1. The Morgan fingerprint density at radius 2 is 1.97 bits per heavy atom. The molecule has 10 heteroatoms. The molecule has 7 nitrogen and oxygen atoms in total. The molecule has 198 valence electrons. The number of thiophene rings is 1. The fourth-order valence-corrected chi connectivity index (χ4v) is 6.79. The Balaban J connectivity index is 1.41. The van der Waals surface area contributed by atoms with Crippen LogP contribution in [0.3, 0.4) is 0 Å². The molecule has 1 aliphatic rings. The summed E-state index contributed by atoms with van der Waals surface area (Å²) >= 11 is 1.61. The maximum atomic E-state index is 13.8. The van der Waals surface area contributed by atoms with Crippen molar-refractivity contribution in [1.29, 1.82) is 0 Å². The fraction of sp³-hybridized carbons (Fsp3) is 0.250. The van der Waals surface area contributed by atoms with Gasteiger partial charge in [0.25, 0.3) is 0 Å². The van der Waals surface area contributed by atoms with Crippen molar-refractivity contribution in [2.45, 2.75) is 30.8 Å². The molecule has 1 amide bonds. The number of hydrogen-bond acceptors (Lipinski definition) is 6. The molecule has 1 atom stereocenters. The molecule has 0 radical (unpaired) electrons. The number of rotatable bonds is 9. The van der Waals surface area contributed by atoms with E-state index >= 15 is 0 Å². The number of aryl methyl sites for hydroxylation is 1. The van der Waals surface area contributed by atoms with Crippen molar-refractivity contribution < 1.29 is 26.8 Å². The van der Waals surface area contributed by atoms with Gasteiger partial charge in [-0.1, -0.05) is 23.8 Å². The topological polar surface area (TPSA) is 80.1 Å². The molecule has 0 N–H and O–H groups in total. The molecule has 0 saturated carbocycles. The van der Waals surface area contributed by atoms with Crippen LogP contribution >= 0.6 is 11.3 Å². The van der Waals surface area contributed by atoms with Gasteiger partial charge in [-0.2, -0.15) is 4.31 Å². The largest absolute Gasteiger partial charge is 0.491 e. The first-order valence-electron chi connectivity index (χ1n) is 12.1. The molecule has 4 aromatic rings. The van der Waals surface area contributed by atoms with Gasteiger partial charge >= 0.3 is 0 Å². The van der Waals surface area contributed by atoms with E-state index in [0.29, 0.717) is 24.5 Å². The van der Waals surface area contributed by atoms with Gasteiger partial charge in [-0.05, 0) is 66.8 Å². The highest BCUT2D eigenvalue weighted by Crippen LogP contribution is 2.34. The first-order chi connectivity index (χ1) is 18.3. The smallest absolute Gasteiger partial charge is 0.243 e. The molecule has 2 aromatic heterocycles. The van der Waals surface area contributed by atoms with Gasteiger partial charge < -0.3 is 14.1 Å². The van der Waals surface area contributed by atoms with Crippen LogP contribution in [0, 0.1) is 12.7 Å². The molecule has 2 aromatic carbocycles. The van der Waals surface area contributed by atoms with Crippen LogP contribution in [0.15, 0.2) is 87.7 Å². The molecular weight excluding hydrogens is 527 g/mol. The summed E-state index contributed by atoms with van der Waals surface area (Å²) in [6, 6.07) is 17.3. The number of hydrogen-bond donors (Lipinski definition) is 0. The molecule has 0 unspecified atom stereocenters. The van der Waals surface area contributed by atoms with Crippen LogP contribution in [0.4, 0.5) is 4.39 Å². The molecule has 1 aliphatic heterocycles. The molecule has 5 rings (SSSR count). The Labute approximate surface area is 225 Å². The van der Waals surface area contributed by atoms with E-state index in [1.165, 1.54) is 18.4 Å². The lowest BCUT2D eigenvalue weighted by molar-refractivity contribution is -0.135. The zero-order valence-electron chi connectivity index (χ0n) is 20.7. The zero-order chi connectivity index (χ0) is 26.7. The first-order valence-corrected chi connectivity index (χ1v) is 14.5. The monoisotopic (exact) mass is 554 g/mol. The number of carbonyl (C=O) groups excluding carboxylic acids is 1. The van der Waals surface area contributed by atoms with Gasteiger partial charge in [0.05, 0.1) is 30.3 Å². The van der Waals surface area contributed by atoms with Crippen molar-refractivity contribution in [3.05, 3.63) is 106 Å².